The zero-order valence-electron chi connectivity index (χ0n) is 12.6. The van der Waals surface area contributed by atoms with Gasteiger partial charge in [0.2, 0.25) is 0 Å². The Bertz CT molecular complexity index is 594. The van der Waals surface area contributed by atoms with Crippen LogP contribution >= 0.6 is 0 Å². The number of para-hydroxylation sites is 1. The number of methoxy groups -OCH3 is 1. The van der Waals surface area contributed by atoms with Crippen LogP contribution in [0, 0.1) is 5.41 Å². The zero-order valence-corrected chi connectivity index (χ0v) is 12.6. The minimum Gasteiger partial charge on any atom is -0.549 e. The molecule has 0 saturated carbocycles. The van der Waals surface area contributed by atoms with Gasteiger partial charge in [-0.15, -0.1) is 0 Å². The predicted octanol–water partition coefficient (Wildman–Crippen LogP) is -0.939. The smallest absolute Gasteiger partial charge is 0.312 e. The fraction of sp³-hybridized carbons (Fsp3) is 0.312. The quantitative estimate of drug-likeness (QED) is 0.327. The molecule has 0 aromatic heterocycles. The van der Waals surface area contributed by atoms with Crippen LogP contribution in [0.1, 0.15) is 12.8 Å². The van der Waals surface area contributed by atoms with E-state index in [9.17, 15) is 24.6 Å². The zero-order chi connectivity index (χ0) is 17.5. The molecule has 1 aromatic rings. The van der Waals surface area contributed by atoms with Crippen molar-refractivity contribution in [3.05, 3.63) is 42.5 Å². The second-order valence-corrected chi connectivity index (χ2v) is 4.84. The lowest BCUT2D eigenvalue weighted by Crippen LogP contribution is -2.49. The minimum atomic E-state index is -2.17. The van der Waals surface area contributed by atoms with E-state index in [2.05, 4.69) is 6.58 Å². The molecule has 7 heteroatoms. The molecule has 124 valence electrons. The number of esters is 1. The standard InChI is InChI=1S/C16H18O7/c1-11(14(18)19)16(15(20)21,8-9-22-2)10-13(17)23-12-6-4-3-5-7-12/h3-7H,1,8-10H2,2H3,(H,18,19)(H,20,21)/p-2. The van der Waals surface area contributed by atoms with Crippen molar-refractivity contribution in [1.29, 1.82) is 0 Å². The Morgan fingerprint density at radius 1 is 1.17 bits per heavy atom. The first-order valence-electron chi connectivity index (χ1n) is 6.70. The number of ether oxygens (including phenoxy) is 2. The maximum Gasteiger partial charge on any atom is 0.312 e. The highest BCUT2D eigenvalue weighted by Gasteiger charge is 2.38. The molecule has 23 heavy (non-hydrogen) atoms. The van der Waals surface area contributed by atoms with E-state index in [4.69, 9.17) is 9.47 Å². The molecule has 0 aliphatic rings. The predicted molar refractivity (Wildman–Crippen MR) is 74.8 cm³/mol. The van der Waals surface area contributed by atoms with Gasteiger partial charge in [0, 0.05) is 19.1 Å². The molecule has 0 aliphatic heterocycles. The Labute approximate surface area is 133 Å². The maximum atomic E-state index is 12.0. The van der Waals surface area contributed by atoms with Crippen LogP contribution < -0.4 is 14.9 Å². The number of carbonyl (C=O) groups is 3. The molecule has 0 saturated heterocycles. The van der Waals surface area contributed by atoms with E-state index in [0.29, 0.717) is 0 Å². The number of carbonyl (C=O) groups excluding carboxylic acids is 3. The molecule has 0 heterocycles. The van der Waals surface area contributed by atoms with E-state index in [1.807, 2.05) is 0 Å². The average Bonchev–Trinajstić information content (AvgIpc) is 2.51. The summed E-state index contributed by atoms with van der Waals surface area (Å²) in [6.07, 6.45) is -1.08. The van der Waals surface area contributed by atoms with Crippen molar-refractivity contribution in [1.82, 2.24) is 0 Å². The average molecular weight is 320 g/mol. The van der Waals surface area contributed by atoms with Crippen LogP contribution in [-0.2, 0) is 19.1 Å². The molecule has 0 aliphatic carbocycles. The molecule has 1 atom stereocenters. The fourth-order valence-corrected chi connectivity index (χ4v) is 2.02. The van der Waals surface area contributed by atoms with Crippen LogP contribution in [0.2, 0.25) is 0 Å². The number of carboxylic acid groups (broad SMARTS) is 2. The van der Waals surface area contributed by atoms with Crippen LogP contribution in [0.5, 0.6) is 5.75 Å². The van der Waals surface area contributed by atoms with E-state index < -0.39 is 35.3 Å². The van der Waals surface area contributed by atoms with Crippen LogP contribution in [0.25, 0.3) is 0 Å². The third kappa shape index (κ3) is 4.65. The molecule has 1 aromatic carbocycles. The van der Waals surface area contributed by atoms with Gasteiger partial charge in [0.1, 0.15) is 5.75 Å². The summed E-state index contributed by atoms with van der Waals surface area (Å²) in [6.45, 7) is 3.10. The fourth-order valence-electron chi connectivity index (χ4n) is 2.02. The van der Waals surface area contributed by atoms with Crippen LogP contribution in [0.3, 0.4) is 0 Å². The number of benzene rings is 1. The van der Waals surface area contributed by atoms with Gasteiger partial charge in [-0.2, -0.15) is 0 Å². The lowest BCUT2D eigenvalue weighted by atomic mass is 9.75. The summed E-state index contributed by atoms with van der Waals surface area (Å²) in [7, 11) is 1.31. The van der Waals surface area contributed by atoms with Crippen molar-refractivity contribution in [3.63, 3.8) is 0 Å². The first-order valence-corrected chi connectivity index (χ1v) is 6.70. The van der Waals surface area contributed by atoms with Crippen molar-refractivity contribution < 1.29 is 34.1 Å². The minimum absolute atomic E-state index is 0.112. The number of carboxylic acids is 2. The van der Waals surface area contributed by atoms with Gasteiger partial charge >= 0.3 is 5.97 Å². The van der Waals surface area contributed by atoms with Crippen molar-refractivity contribution in [2.24, 2.45) is 5.41 Å². The molecular formula is C16H16O7-2. The summed E-state index contributed by atoms with van der Waals surface area (Å²) in [5.74, 6) is -4.26. The van der Waals surface area contributed by atoms with E-state index in [-0.39, 0.29) is 18.8 Å². The van der Waals surface area contributed by atoms with Gasteiger partial charge in [-0.05, 0) is 24.1 Å². The second kappa shape index (κ2) is 8.09. The summed E-state index contributed by atoms with van der Waals surface area (Å²) >= 11 is 0. The molecule has 1 unspecified atom stereocenters. The van der Waals surface area contributed by atoms with Gasteiger partial charge in [-0.1, -0.05) is 24.8 Å². The molecule has 0 radical (unpaired) electrons. The first kappa shape index (κ1) is 18.4. The first-order chi connectivity index (χ1) is 10.8. The topological polar surface area (TPSA) is 116 Å². The third-order valence-corrected chi connectivity index (χ3v) is 3.37. The normalized spacial score (nSPS) is 12.9. The molecule has 7 nitrogen and oxygen atoms in total. The van der Waals surface area contributed by atoms with E-state index in [1.54, 1.807) is 18.2 Å². The second-order valence-electron chi connectivity index (χ2n) is 4.84. The number of hydrogen-bond donors (Lipinski definition) is 0. The molecule has 0 amide bonds. The summed E-state index contributed by atoms with van der Waals surface area (Å²) in [6, 6.07) is 7.96. The molecule has 0 N–H and O–H groups in total. The molecule has 0 fully saturated rings. The van der Waals surface area contributed by atoms with Gasteiger partial charge in [-0.3, -0.25) is 4.79 Å². The van der Waals surface area contributed by atoms with Crippen LogP contribution in [0.4, 0.5) is 0 Å². The van der Waals surface area contributed by atoms with Crippen molar-refractivity contribution >= 4 is 17.9 Å². The van der Waals surface area contributed by atoms with Gasteiger partial charge in [-0.25, -0.2) is 0 Å². The number of aliphatic carboxylic acids is 2. The SMILES string of the molecule is C=C(C(=O)[O-])C(CCOC)(CC(=O)Oc1ccccc1)C(=O)[O-]. The molecule has 0 spiro atoms. The van der Waals surface area contributed by atoms with Gasteiger partial charge in [0.15, 0.2) is 0 Å². The Hall–Kier alpha value is -2.67. The van der Waals surface area contributed by atoms with Crippen LogP contribution in [-0.4, -0.2) is 31.6 Å². The van der Waals surface area contributed by atoms with Gasteiger partial charge < -0.3 is 29.3 Å². The lowest BCUT2D eigenvalue weighted by Gasteiger charge is -2.36. The molecular weight excluding hydrogens is 304 g/mol. The lowest BCUT2D eigenvalue weighted by molar-refractivity contribution is -0.322. The Kier molecular flexibility index (Phi) is 6.47. The number of hydrogen-bond acceptors (Lipinski definition) is 7. The Morgan fingerprint density at radius 2 is 1.78 bits per heavy atom. The summed E-state index contributed by atoms with van der Waals surface area (Å²) in [5, 5.41) is 22.6. The third-order valence-electron chi connectivity index (χ3n) is 3.37. The van der Waals surface area contributed by atoms with Crippen molar-refractivity contribution in [2.75, 3.05) is 13.7 Å². The monoisotopic (exact) mass is 320 g/mol. The van der Waals surface area contributed by atoms with E-state index >= 15 is 0 Å². The van der Waals surface area contributed by atoms with E-state index in [0.717, 1.165) is 0 Å². The van der Waals surface area contributed by atoms with Gasteiger partial charge in [0.25, 0.3) is 0 Å². The summed E-state index contributed by atoms with van der Waals surface area (Å²) in [5.41, 5.74) is -2.93. The highest BCUT2D eigenvalue weighted by molar-refractivity contribution is 5.96. The Morgan fingerprint density at radius 3 is 2.26 bits per heavy atom. The Balaban J connectivity index is 3.03. The summed E-state index contributed by atoms with van der Waals surface area (Å²) in [4.78, 5) is 34.6. The van der Waals surface area contributed by atoms with Crippen LogP contribution in [0.15, 0.2) is 42.5 Å². The number of rotatable bonds is 9. The largest absolute Gasteiger partial charge is 0.549 e. The summed E-state index contributed by atoms with van der Waals surface area (Å²) < 4.78 is 9.78. The highest BCUT2D eigenvalue weighted by atomic mass is 16.5. The molecule has 0 bridgehead atoms. The molecule has 1 rings (SSSR count). The van der Waals surface area contributed by atoms with Crippen molar-refractivity contribution in [3.8, 4) is 5.75 Å². The van der Waals surface area contributed by atoms with Gasteiger partial charge in [0.05, 0.1) is 18.4 Å². The van der Waals surface area contributed by atoms with Crippen molar-refractivity contribution in [2.45, 2.75) is 12.8 Å². The van der Waals surface area contributed by atoms with E-state index in [1.165, 1.54) is 19.2 Å². The highest BCUT2D eigenvalue weighted by Crippen LogP contribution is 2.34. The maximum absolute atomic E-state index is 12.0.